The van der Waals surface area contributed by atoms with E-state index in [4.69, 9.17) is 0 Å². The zero-order chi connectivity index (χ0) is 11.2. The number of aromatic nitrogens is 3. The second kappa shape index (κ2) is 5.21. The van der Waals surface area contributed by atoms with Gasteiger partial charge in [-0.15, -0.1) is 0 Å². The maximum Gasteiger partial charge on any atom is 0.147 e. The highest BCUT2D eigenvalue weighted by atomic mass is 15.0. The summed E-state index contributed by atoms with van der Waals surface area (Å²) in [7, 11) is 0. The van der Waals surface area contributed by atoms with Crippen molar-refractivity contribution in [3.8, 4) is 0 Å². The van der Waals surface area contributed by atoms with E-state index in [1.165, 1.54) is 5.56 Å². The van der Waals surface area contributed by atoms with Gasteiger partial charge in [0, 0.05) is 31.3 Å². The maximum absolute atomic E-state index is 4.22. The van der Waals surface area contributed by atoms with E-state index in [-0.39, 0.29) is 0 Å². The molecule has 0 aromatic carbocycles. The molecule has 82 valence electrons. The van der Waals surface area contributed by atoms with E-state index in [0.717, 1.165) is 24.5 Å². The summed E-state index contributed by atoms with van der Waals surface area (Å²) in [5.41, 5.74) is 2.20. The van der Waals surface area contributed by atoms with Crippen molar-refractivity contribution in [1.29, 1.82) is 0 Å². The first-order valence-corrected chi connectivity index (χ1v) is 5.26. The minimum Gasteiger partial charge on any atom is -0.368 e. The number of aryl methyl sites for hydroxylation is 1. The SMILES string of the molecule is Cc1nccnc1NCCc1ccncc1. The number of anilines is 1. The molecule has 0 unspecified atom stereocenters. The topological polar surface area (TPSA) is 50.7 Å². The molecule has 0 saturated carbocycles. The van der Waals surface area contributed by atoms with Crippen LogP contribution in [0.15, 0.2) is 36.9 Å². The Morgan fingerprint density at radius 2 is 1.81 bits per heavy atom. The van der Waals surface area contributed by atoms with Crippen molar-refractivity contribution in [2.45, 2.75) is 13.3 Å². The first kappa shape index (κ1) is 10.5. The second-order valence-electron chi connectivity index (χ2n) is 3.52. The third-order valence-electron chi connectivity index (χ3n) is 2.34. The van der Waals surface area contributed by atoms with E-state index >= 15 is 0 Å². The van der Waals surface area contributed by atoms with Crippen molar-refractivity contribution in [3.63, 3.8) is 0 Å². The molecule has 0 atom stereocenters. The van der Waals surface area contributed by atoms with E-state index in [0.29, 0.717) is 0 Å². The highest BCUT2D eigenvalue weighted by Crippen LogP contribution is 2.06. The van der Waals surface area contributed by atoms with Crippen molar-refractivity contribution in [3.05, 3.63) is 48.2 Å². The average Bonchev–Trinajstić information content (AvgIpc) is 2.33. The lowest BCUT2D eigenvalue weighted by atomic mass is 10.2. The largest absolute Gasteiger partial charge is 0.368 e. The molecule has 0 aliphatic rings. The van der Waals surface area contributed by atoms with E-state index in [9.17, 15) is 0 Å². The van der Waals surface area contributed by atoms with Gasteiger partial charge in [-0.1, -0.05) is 0 Å². The molecule has 4 heteroatoms. The van der Waals surface area contributed by atoms with Crippen molar-refractivity contribution in [2.75, 3.05) is 11.9 Å². The molecule has 2 aromatic heterocycles. The van der Waals surface area contributed by atoms with Gasteiger partial charge >= 0.3 is 0 Å². The van der Waals surface area contributed by atoms with E-state index < -0.39 is 0 Å². The van der Waals surface area contributed by atoms with Crippen molar-refractivity contribution in [2.24, 2.45) is 0 Å². The summed E-state index contributed by atoms with van der Waals surface area (Å²) >= 11 is 0. The molecule has 0 fully saturated rings. The van der Waals surface area contributed by atoms with Gasteiger partial charge in [0.25, 0.3) is 0 Å². The Hall–Kier alpha value is -1.97. The molecule has 0 amide bonds. The third kappa shape index (κ3) is 2.76. The van der Waals surface area contributed by atoms with E-state index in [1.807, 2.05) is 31.5 Å². The Labute approximate surface area is 94.8 Å². The molecule has 0 bridgehead atoms. The monoisotopic (exact) mass is 214 g/mol. The van der Waals surface area contributed by atoms with Gasteiger partial charge in [0.05, 0.1) is 5.69 Å². The number of rotatable bonds is 4. The number of hydrogen-bond donors (Lipinski definition) is 1. The normalized spacial score (nSPS) is 10.1. The van der Waals surface area contributed by atoms with Crippen LogP contribution in [0.5, 0.6) is 0 Å². The molecule has 2 heterocycles. The zero-order valence-corrected chi connectivity index (χ0v) is 9.22. The average molecular weight is 214 g/mol. The lowest BCUT2D eigenvalue weighted by molar-refractivity contribution is 0.983. The highest BCUT2D eigenvalue weighted by molar-refractivity contribution is 5.38. The molecule has 1 N–H and O–H groups in total. The smallest absolute Gasteiger partial charge is 0.147 e. The molecule has 0 aliphatic heterocycles. The first-order chi connectivity index (χ1) is 7.86. The summed E-state index contributed by atoms with van der Waals surface area (Å²) in [5.74, 6) is 0.858. The van der Waals surface area contributed by atoms with Gasteiger partial charge in [-0.3, -0.25) is 9.97 Å². The molecule has 2 aromatic rings. The lowest BCUT2D eigenvalue weighted by Crippen LogP contribution is -2.08. The Morgan fingerprint density at radius 3 is 2.56 bits per heavy atom. The molecule has 16 heavy (non-hydrogen) atoms. The number of pyridine rings is 1. The fourth-order valence-corrected chi connectivity index (χ4v) is 1.46. The zero-order valence-electron chi connectivity index (χ0n) is 9.22. The van der Waals surface area contributed by atoms with Crippen LogP contribution in [-0.4, -0.2) is 21.5 Å². The number of hydrogen-bond acceptors (Lipinski definition) is 4. The quantitative estimate of drug-likeness (QED) is 0.843. The van der Waals surface area contributed by atoms with Gasteiger partial charge in [0.2, 0.25) is 0 Å². The van der Waals surface area contributed by atoms with Gasteiger partial charge in [-0.25, -0.2) is 4.98 Å². The second-order valence-corrected chi connectivity index (χ2v) is 3.52. The summed E-state index contributed by atoms with van der Waals surface area (Å²) < 4.78 is 0. The number of nitrogens with zero attached hydrogens (tertiary/aromatic N) is 3. The first-order valence-electron chi connectivity index (χ1n) is 5.26. The Balaban J connectivity index is 1.87. The maximum atomic E-state index is 4.22. The van der Waals surface area contributed by atoms with Crippen LogP contribution in [0.2, 0.25) is 0 Å². The summed E-state index contributed by atoms with van der Waals surface area (Å²) in [5, 5.41) is 3.27. The fourth-order valence-electron chi connectivity index (χ4n) is 1.46. The Kier molecular flexibility index (Phi) is 3.43. The van der Waals surface area contributed by atoms with Crippen molar-refractivity contribution >= 4 is 5.82 Å². The van der Waals surface area contributed by atoms with Crippen molar-refractivity contribution < 1.29 is 0 Å². The van der Waals surface area contributed by atoms with Crippen LogP contribution in [0.25, 0.3) is 0 Å². The molecule has 0 radical (unpaired) electrons. The van der Waals surface area contributed by atoms with Crippen LogP contribution in [0, 0.1) is 6.92 Å². The van der Waals surface area contributed by atoms with Crippen molar-refractivity contribution in [1.82, 2.24) is 15.0 Å². The van der Waals surface area contributed by atoms with Crippen LogP contribution in [-0.2, 0) is 6.42 Å². The number of nitrogens with one attached hydrogen (secondary N) is 1. The molecule has 2 rings (SSSR count). The van der Waals surface area contributed by atoms with Crippen LogP contribution < -0.4 is 5.32 Å². The summed E-state index contributed by atoms with van der Waals surface area (Å²) in [4.78, 5) is 12.4. The van der Waals surface area contributed by atoms with Crippen LogP contribution in [0.1, 0.15) is 11.3 Å². The van der Waals surface area contributed by atoms with Gasteiger partial charge in [0.15, 0.2) is 0 Å². The fraction of sp³-hybridized carbons (Fsp3) is 0.250. The molecule has 0 aliphatic carbocycles. The Morgan fingerprint density at radius 1 is 1.06 bits per heavy atom. The third-order valence-corrected chi connectivity index (χ3v) is 2.34. The molecular formula is C12H14N4. The van der Waals surface area contributed by atoms with Gasteiger partial charge in [0.1, 0.15) is 5.82 Å². The highest BCUT2D eigenvalue weighted by Gasteiger charge is 1.98. The lowest BCUT2D eigenvalue weighted by Gasteiger charge is -2.06. The van der Waals surface area contributed by atoms with Crippen LogP contribution in [0.4, 0.5) is 5.82 Å². The molecule has 4 nitrogen and oxygen atoms in total. The minimum atomic E-state index is 0.851. The Bertz CT molecular complexity index is 442. The van der Waals surface area contributed by atoms with E-state index in [1.54, 1.807) is 12.4 Å². The summed E-state index contributed by atoms with van der Waals surface area (Å²) in [6, 6.07) is 4.04. The van der Waals surface area contributed by atoms with Crippen LogP contribution in [0.3, 0.4) is 0 Å². The van der Waals surface area contributed by atoms with Gasteiger partial charge in [-0.05, 0) is 31.0 Å². The minimum absolute atomic E-state index is 0.851. The predicted octanol–water partition coefficient (Wildman–Crippen LogP) is 1.83. The summed E-state index contributed by atoms with van der Waals surface area (Å²) in [6.07, 6.45) is 7.97. The summed E-state index contributed by atoms with van der Waals surface area (Å²) in [6.45, 7) is 2.80. The van der Waals surface area contributed by atoms with Gasteiger partial charge < -0.3 is 5.32 Å². The van der Waals surface area contributed by atoms with E-state index in [2.05, 4.69) is 20.3 Å². The van der Waals surface area contributed by atoms with Gasteiger partial charge in [-0.2, -0.15) is 0 Å². The van der Waals surface area contributed by atoms with Crippen LogP contribution >= 0.6 is 0 Å². The molecule has 0 saturated heterocycles. The predicted molar refractivity (Wildman–Crippen MR) is 63.2 cm³/mol. The molecular weight excluding hydrogens is 200 g/mol. The standard InChI is InChI=1S/C12H14N4/c1-10-12(16-9-8-14-10)15-7-4-11-2-5-13-6-3-11/h2-3,5-6,8-9H,4,7H2,1H3,(H,15,16). The molecule has 0 spiro atoms.